The van der Waals surface area contributed by atoms with Crippen LogP contribution in [0.1, 0.15) is 26.7 Å². The lowest BCUT2D eigenvalue weighted by molar-refractivity contribution is -0.0309. The predicted octanol–water partition coefficient (Wildman–Crippen LogP) is 1.71. The minimum absolute atomic E-state index is 0.361. The maximum absolute atomic E-state index is 5.75. The maximum Gasteiger partial charge on any atom is 0.0705 e. The van der Waals surface area contributed by atoms with Crippen LogP contribution in [0.3, 0.4) is 0 Å². The second-order valence-electron chi connectivity index (χ2n) is 3.75. The molecule has 12 heavy (non-hydrogen) atoms. The highest BCUT2D eigenvalue weighted by molar-refractivity contribution is 4.74. The first-order valence-corrected chi connectivity index (χ1v) is 4.89. The minimum Gasteiger partial charge on any atom is -0.374 e. The van der Waals surface area contributed by atoms with Crippen molar-refractivity contribution in [2.24, 2.45) is 0 Å². The van der Waals surface area contributed by atoms with Gasteiger partial charge in [-0.25, -0.2) is 0 Å². The van der Waals surface area contributed by atoms with E-state index in [-0.39, 0.29) is 0 Å². The van der Waals surface area contributed by atoms with E-state index in [4.69, 9.17) is 4.74 Å². The lowest BCUT2D eigenvalue weighted by Gasteiger charge is -2.32. The van der Waals surface area contributed by atoms with Crippen LogP contribution >= 0.6 is 0 Å². The van der Waals surface area contributed by atoms with Crippen molar-refractivity contribution in [3.8, 4) is 0 Å². The smallest absolute Gasteiger partial charge is 0.0705 e. The maximum atomic E-state index is 5.75. The summed E-state index contributed by atoms with van der Waals surface area (Å²) < 4.78 is 5.75. The van der Waals surface area contributed by atoms with E-state index in [1.165, 1.54) is 19.4 Å². The Kier molecular flexibility index (Phi) is 4.02. The van der Waals surface area contributed by atoms with Gasteiger partial charge in [0.15, 0.2) is 0 Å². The van der Waals surface area contributed by atoms with E-state index in [1.54, 1.807) is 0 Å². The Bertz CT molecular complexity index is 125. The van der Waals surface area contributed by atoms with Crippen molar-refractivity contribution in [1.29, 1.82) is 0 Å². The van der Waals surface area contributed by atoms with Gasteiger partial charge in [-0.1, -0.05) is 0 Å². The average molecular weight is 170 g/mol. The molecule has 0 spiro atoms. The highest BCUT2D eigenvalue weighted by Crippen LogP contribution is 2.13. The van der Waals surface area contributed by atoms with Gasteiger partial charge in [0.2, 0.25) is 0 Å². The van der Waals surface area contributed by atoms with Crippen molar-refractivity contribution in [1.82, 2.24) is 4.90 Å². The third-order valence-corrected chi connectivity index (χ3v) is 2.24. The third kappa shape index (κ3) is 3.11. The van der Waals surface area contributed by atoms with Crippen LogP contribution in [0, 0.1) is 6.92 Å². The minimum atomic E-state index is 0.361. The van der Waals surface area contributed by atoms with Gasteiger partial charge in [-0.15, -0.1) is 0 Å². The molecule has 0 aromatic carbocycles. The molecule has 0 bridgehead atoms. The summed E-state index contributed by atoms with van der Waals surface area (Å²) in [6.45, 7) is 11.3. The summed E-state index contributed by atoms with van der Waals surface area (Å²) in [6.07, 6.45) is 3.28. The summed E-state index contributed by atoms with van der Waals surface area (Å²) >= 11 is 0. The number of piperidine rings is 1. The Balaban J connectivity index is 2.25. The Hall–Kier alpha value is -0.0800. The summed E-state index contributed by atoms with van der Waals surface area (Å²) in [5.74, 6) is 0. The van der Waals surface area contributed by atoms with Crippen molar-refractivity contribution in [2.75, 3.05) is 19.6 Å². The second kappa shape index (κ2) is 4.83. The molecule has 2 nitrogen and oxygen atoms in total. The summed E-state index contributed by atoms with van der Waals surface area (Å²) in [5, 5.41) is 0. The first-order chi connectivity index (χ1) is 5.72. The number of hydrogen-bond donors (Lipinski definition) is 0. The Morgan fingerprint density at radius 2 is 2.33 bits per heavy atom. The van der Waals surface area contributed by atoms with Gasteiger partial charge in [-0.2, -0.15) is 0 Å². The number of ether oxygens (including phenoxy) is 1. The highest BCUT2D eigenvalue weighted by atomic mass is 16.5. The molecule has 1 aliphatic rings. The predicted molar refractivity (Wildman–Crippen MR) is 51.0 cm³/mol. The van der Waals surface area contributed by atoms with E-state index in [0.29, 0.717) is 12.2 Å². The second-order valence-corrected chi connectivity index (χ2v) is 3.75. The largest absolute Gasteiger partial charge is 0.374 e. The fourth-order valence-electron chi connectivity index (χ4n) is 1.71. The zero-order valence-corrected chi connectivity index (χ0v) is 8.25. The molecule has 1 radical (unpaired) electrons. The number of rotatable bonds is 3. The summed E-state index contributed by atoms with van der Waals surface area (Å²) in [6, 6.07) is 0. The fourth-order valence-corrected chi connectivity index (χ4v) is 1.71. The Morgan fingerprint density at radius 3 is 2.92 bits per heavy atom. The summed E-state index contributed by atoms with van der Waals surface area (Å²) in [4.78, 5) is 2.36. The van der Waals surface area contributed by atoms with Crippen molar-refractivity contribution >= 4 is 0 Å². The molecule has 1 rings (SSSR count). The SMILES string of the molecule is [CH2]CN1CCCC(OC(C)C)C1. The average Bonchev–Trinajstić information content (AvgIpc) is 2.03. The molecule has 0 N–H and O–H groups in total. The van der Waals surface area contributed by atoms with Gasteiger partial charge in [0.05, 0.1) is 12.2 Å². The topological polar surface area (TPSA) is 12.5 Å². The molecule has 1 aliphatic heterocycles. The standard InChI is InChI=1S/C10H20NO/c1-4-11-7-5-6-10(8-11)12-9(2)3/h9-10H,1,4-8H2,2-3H3. The summed E-state index contributed by atoms with van der Waals surface area (Å²) in [5.41, 5.74) is 0. The molecule has 71 valence electrons. The monoisotopic (exact) mass is 170 g/mol. The van der Waals surface area contributed by atoms with E-state index in [1.807, 2.05) is 0 Å². The van der Waals surface area contributed by atoms with Gasteiger partial charge in [0, 0.05) is 6.54 Å². The molecule has 0 aromatic rings. The van der Waals surface area contributed by atoms with Gasteiger partial charge in [0.1, 0.15) is 0 Å². The molecular formula is C10H20NO. The summed E-state index contributed by atoms with van der Waals surface area (Å²) in [7, 11) is 0. The zero-order valence-electron chi connectivity index (χ0n) is 8.25. The van der Waals surface area contributed by atoms with Crippen LogP contribution in [-0.2, 0) is 4.74 Å². The van der Waals surface area contributed by atoms with Gasteiger partial charge in [0.25, 0.3) is 0 Å². The van der Waals surface area contributed by atoms with E-state index in [0.717, 1.165) is 13.1 Å². The number of hydrogen-bond acceptors (Lipinski definition) is 2. The van der Waals surface area contributed by atoms with E-state index in [9.17, 15) is 0 Å². The zero-order chi connectivity index (χ0) is 8.97. The quantitative estimate of drug-likeness (QED) is 0.639. The van der Waals surface area contributed by atoms with Crippen LogP contribution in [-0.4, -0.2) is 36.7 Å². The van der Waals surface area contributed by atoms with Crippen LogP contribution in [0.2, 0.25) is 0 Å². The molecule has 1 unspecified atom stereocenters. The van der Waals surface area contributed by atoms with Crippen LogP contribution in [0.5, 0.6) is 0 Å². The first-order valence-electron chi connectivity index (χ1n) is 4.89. The molecule has 1 fully saturated rings. The van der Waals surface area contributed by atoms with Gasteiger partial charge < -0.3 is 9.64 Å². The molecule has 0 aromatic heterocycles. The van der Waals surface area contributed by atoms with Gasteiger partial charge in [-0.05, 0) is 46.7 Å². The van der Waals surface area contributed by atoms with Crippen LogP contribution in [0.25, 0.3) is 0 Å². The lowest BCUT2D eigenvalue weighted by Crippen LogP contribution is -2.40. The van der Waals surface area contributed by atoms with Crippen molar-refractivity contribution < 1.29 is 4.74 Å². The highest BCUT2D eigenvalue weighted by Gasteiger charge is 2.19. The van der Waals surface area contributed by atoms with Crippen LogP contribution < -0.4 is 0 Å². The molecule has 2 heteroatoms. The van der Waals surface area contributed by atoms with Crippen LogP contribution in [0.4, 0.5) is 0 Å². The normalized spacial score (nSPS) is 26.5. The van der Waals surface area contributed by atoms with E-state index >= 15 is 0 Å². The van der Waals surface area contributed by atoms with Crippen molar-refractivity contribution in [2.45, 2.75) is 38.9 Å². The molecular weight excluding hydrogens is 150 g/mol. The van der Waals surface area contributed by atoms with E-state index < -0.39 is 0 Å². The van der Waals surface area contributed by atoms with Crippen LogP contribution in [0.15, 0.2) is 0 Å². The molecule has 0 saturated carbocycles. The lowest BCUT2D eigenvalue weighted by atomic mass is 10.1. The molecule has 1 saturated heterocycles. The molecule has 1 atom stereocenters. The Morgan fingerprint density at radius 1 is 1.58 bits per heavy atom. The van der Waals surface area contributed by atoms with Crippen molar-refractivity contribution in [3.05, 3.63) is 6.92 Å². The van der Waals surface area contributed by atoms with Gasteiger partial charge >= 0.3 is 0 Å². The molecule has 0 aliphatic carbocycles. The third-order valence-electron chi connectivity index (χ3n) is 2.24. The van der Waals surface area contributed by atoms with E-state index in [2.05, 4.69) is 25.7 Å². The Labute approximate surface area is 75.9 Å². The number of likely N-dealkylation sites (tertiary alicyclic amines) is 1. The number of nitrogens with zero attached hydrogens (tertiary/aromatic N) is 1. The van der Waals surface area contributed by atoms with Crippen molar-refractivity contribution in [3.63, 3.8) is 0 Å². The van der Waals surface area contributed by atoms with Gasteiger partial charge in [-0.3, -0.25) is 0 Å². The molecule has 1 heterocycles. The fraction of sp³-hybridized carbons (Fsp3) is 0.900. The molecule has 0 amide bonds. The first kappa shape index (κ1) is 10.0.